The number of carbonyl (C=O) groups is 1. The molecule has 0 radical (unpaired) electrons. The summed E-state index contributed by atoms with van der Waals surface area (Å²) in [6.45, 7) is 11.4. The number of aromatic nitrogens is 3. The summed E-state index contributed by atoms with van der Waals surface area (Å²) in [7, 11) is 0. The van der Waals surface area contributed by atoms with E-state index in [-0.39, 0.29) is 5.91 Å². The molecule has 30 heavy (non-hydrogen) atoms. The van der Waals surface area contributed by atoms with Crippen LogP contribution >= 0.6 is 11.8 Å². The third-order valence-corrected chi connectivity index (χ3v) is 6.85. The summed E-state index contributed by atoms with van der Waals surface area (Å²) < 4.78 is 7.80. The van der Waals surface area contributed by atoms with E-state index >= 15 is 0 Å². The Labute approximate surface area is 182 Å². The fraction of sp³-hybridized carbons (Fsp3) is 0.591. The molecule has 1 atom stereocenters. The largest absolute Gasteiger partial charge is 0.377 e. The summed E-state index contributed by atoms with van der Waals surface area (Å²) in [4.78, 5) is 17.2. The maximum absolute atomic E-state index is 12.8. The van der Waals surface area contributed by atoms with Crippen LogP contribution < -0.4 is 0 Å². The van der Waals surface area contributed by atoms with E-state index in [9.17, 15) is 4.79 Å². The van der Waals surface area contributed by atoms with Crippen molar-refractivity contribution in [2.75, 3.05) is 45.1 Å². The minimum atomic E-state index is 0.171. The van der Waals surface area contributed by atoms with Crippen LogP contribution in [0.15, 0.2) is 23.4 Å². The first kappa shape index (κ1) is 21.3. The van der Waals surface area contributed by atoms with Crippen LogP contribution in [0.25, 0.3) is 5.69 Å². The lowest BCUT2D eigenvalue weighted by atomic mass is 10.1. The third-order valence-electron chi connectivity index (χ3n) is 5.94. The minimum absolute atomic E-state index is 0.171. The molecule has 0 spiro atoms. The fourth-order valence-electron chi connectivity index (χ4n) is 4.15. The number of hydrogen-bond donors (Lipinski definition) is 0. The van der Waals surface area contributed by atoms with Gasteiger partial charge in [0.25, 0.3) is 0 Å². The van der Waals surface area contributed by atoms with E-state index in [4.69, 9.17) is 4.74 Å². The number of thioether (sulfide) groups is 1. The Morgan fingerprint density at radius 2 is 1.97 bits per heavy atom. The Bertz CT molecular complexity index is 886. The number of benzene rings is 1. The van der Waals surface area contributed by atoms with Crippen LogP contribution in [0.5, 0.6) is 0 Å². The smallest absolute Gasteiger partial charge is 0.233 e. The van der Waals surface area contributed by atoms with Crippen molar-refractivity contribution in [3.8, 4) is 5.69 Å². The molecular formula is C22H31N5O2S. The van der Waals surface area contributed by atoms with Crippen molar-refractivity contribution in [1.82, 2.24) is 24.6 Å². The van der Waals surface area contributed by atoms with Crippen LogP contribution in [0.2, 0.25) is 0 Å². The molecule has 2 aliphatic rings. The van der Waals surface area contributed by atoms with Crippen molar-refractivity contribution in [1.29, 1.82) is 0 Å². The van der Waals surface area contributed by atoms with Crippen LogP contribution in [0.4, 0.5) is 0 Å². The van der Waals surface area contributed by atoms with Gasteiger partial charge in [-0.1, -0.05) is 23.9 Å². The first-order chi connectivity index (χ1) is 14.5. The van der Waals surface area contributed by atoms with Crippen LogP contribution in [-0.2, 0) is 9.53 Å². The fourth-order valence-corrected chi connectivity index (χ4v) is 5.04. The maximum atomic E-state index is 12.8. The lowest BCUT2D eigenvalue weighted by Gasteiger charge is -2.35. The lowest BCUT2D eigenvalue weighted by Crippen LogP contribution is -2.50. The maximum Gasteiger partial charge on any atom is 0.233 e. The predicted molar refractivity (Wildman–Crippen MR) is 118 cm³/mol. The Balaban J connectivity index is 1.33. The average Bonchev–Trinajstić information content (AvgIpc) is 3.38. The van der Waals surface area contributed by atoms with Crippen LogP contribution in [0.3, 0.4) is 0 Å². The molecule has 2 aliphatic heterocycles. The number of piperazine rings is 1. The van der Waals surface area contributed by atoms with E-state index in [1.54, 1.807) is 0 Å². The topological polar surface area (TPSA) is 63.5 Å². The highest BCUT2D eigenvalue weighted by Crippen LogP contribution is 2.25. The van der Waals surface area contributed by atoms with Crippen molar-refractivity contribution in [3.05, 3.63) is 35.2 Å². The summed E-state index contributed by atoms with van der Waals surface area (Å²) in [6, 6.07) is 6.36. The molecule has 4 rings (SSSR count). The number of hydrogen-bond acceptors (Lipinski definition) is 6. The van der Waals surface area contributed by atoms with Gasteiger partial charge in [0.1, 0.15) is 5.82 Å². The second-order valence-electron chi connectivity index (χ2n) is 8.26. The quantitative estimate of drug-likeness (QED) is 0.658. The third kappa shape index (κ3) is 4.87. The molecule has 2 fully saturated rings. The molecule has 1 amide bonds. The normalized spacial score (nSPS) is 20.1. The van der Waals surface area contributed by atoms with Gasteiger partial charge < -0.3 is 9.64 Å². The first-order valence-electron chi connectivity index (χ1n) is 10.8. The van der Waals surface area contributed by atoms with Crippen molar-refractivity contribution in [2.24, 2.45) is 0 Å². The standard InChI is InChI=1S/C22H31N5O2S/c1-16-6-7-17(2)20(13-16)27-18(3)23-24-22(27)30-15-21(28)26-10-8-25(9-11-26)14-19-5-4-12-29-19/h6-7,13,19H,4-5,8-12,14-15H2,1-3H3. The van der Waals surface area contributed by atoms with Gasteiger partial charge in [0.2, 0.25) is 5.91 Å². The first-order valence-corrected chi connectivity index (χ1v) is 11.7. The molecule has 2 saturated heterocycles. The molecule has 1 unspecified atom stereocenters. The van der Waals surface area contributed by atoms with Gasteiger partial charge in [0, 0.05) is 39.3 Å². The summed E-state index contributed by atoms with van der Waals surface area (Å²) in [6.07, 6.45) is 2.71. The van der Waals surface area contributed by atoms with E-state index in [0.717, 1.165) is 62.4 Å². The second kappa shape index (κ2) is 9.49. The van der Waals surface area contributed by atoms with Crippen LogP contribution in [0, 0.1) is 20.8 Å². The van der Waals surface area contributed by atoms with Gasteiger partial charge >= 0.3 is 0 Å². The number of nitrogens with zero attached hydrogens (tertiary/aromatic N) is 5. The van der Waals surface area contributed by atoms with Gasteiger partial charge in [0.05, 0.1) is 17.5 Å². The van der Waals surface area contributed by atoms with E-state index in [1.807, 2.05) is 11.8 Å². The molecule has 1 aromatic carbocycles. The molecule has 2 aromatic rings. The summed E-state index contributed by atoms with van der Waals surface area (Å²) in [5, 5.41) is 9.36. The molecule has 0 aliphatic carbocycles. The molecule has 0 N–H and O–H groups in total. The predicted octanol–water partition coefficient (Wildman–Crippen LogP) is 2.61. The molecule has 3 heterocycles. The SMILES string of the molecule is Cc1ccc(C)c(-n2c(C)nnc2SCC(=O)N2CCN(CC3CCCO3)CC2)c1. The van der Waals surface area contributed by atoms with Gasteiger partial charge in [-0.2, -0.15) is 0 Å². The zero-order valence-corrected chi connectivity index (χ0v) is 19.0. The Kier molecular flexibility index (Phi) is 6.75. The number of amides is 1. The summed E-state index contributed by atoms with van der Waals surface area (Å²) in [5.74, 6) is 1.39. The molecule has 0 bridgehead atoms. The monoisotopic (exact) mass is 429 g/mol. The van der Waals surface area contributed by atoms with Crippen LogP contribution in [-0.4, -0.2) is 81.7 Å². The van der Waals surface area contributed by atoms with E-state index in [2.05, 4.69) is 51.7 Å². The van der Waals surface area contributed by atoms with Crippen molar-refractivity contribution in [3.63, 3.8) is 0 Å². The molecule has 7 nitrogen and oxygen atoms in total. The van der Waals surface area contributed by atoms with Crippen molar-refractivity contribution in [2.45, 2.75) is 44.9 Å². The molecule has 1 aromatic heterocycles. The molecule has 162 valence electrons. The zero-order chi connectivity index (χ0) is 21.1. The van der Waals surface area contributed by atoms with Crippen molar-refractivity contribution < 1.29 is 9.53 Å². The van der Waals surface area contributed by atoms with Gasteiger partial charge in [0.15, 0.2) is 5.16 Å². The van der Waals surface area contributed by atoms with Crippen LogP contribution in [0.1, 0.15) is 29.8 Å². The highest BCUT2D eigenvalue weighted by Gasteiger charge is 2.25. The van der Waals surface area contributed by atoms with Gasteiger partial charge in [-0.3, -0.25) is 14.3 Å². The van der Waals surface area contributed by atoms with E-state index in [1.165, 1.54) is 29.3 Å². The Hall–Kier alpha value is -1.90. The number of aryl methyl sites for hydroxylation is 3. The van der Waals surface area contributed by atoms with Gasteiger partial charge in [-0.05, 0) is 50.8 Å². The zero-order valence-electron chi connectivity index (χ0n) is 18.1. The lowest BCUT2D eigenvalue weighted by molar-refractivity contribution is -0.130. The number of carbonyl (C=O) groups excluding carboxylic acids is 1. The highest BCUT2D eigenvalue weighted by molar-refractivity contribution is 7.99. The molecular weight excluding hydrogens is 398 g/mol. The summed E-state index contributed by atoms with van der Waals surface area (Å²) in [5.41, 5.74) is 3.44. The van der Waals surface area contributed by atoms with E-state index in [0.29, 0.717) is 11.9 Å². The Morgan fingerprint density at radius 3 is 2.70 bits per heavy atom. The highest BCUT2D eigenvalue weighted by atomic mass is 32.2. The minimum Gasteiger partial charge on any atom is -0.377 e. The second-order valence-corrected chi connectivity index (χ2v) is 9.20. The number of ether oxygens (including phenoxy) is 1. The van der Waals surface area contributed by atoms with Gasteiger partial charge in [-0.15, -0.1) is 10.2 Å². The van der Waals surface area contributed by atoms with Gasteiger partial charge in [-0.25, -0.2) is 0 Å². The average molecular weight is 430 g/mol. The van der Waals surface area contributed by atoms with E-state index < -0.39 is 0 Å². The van der Waals surface area contributed by atoms with Crippen molar-refractivity contribution >= 4 is 17.7 Å². The number of rotatable bonds is 6. The summed E-state index contributed by atoms with van der Waals surface area (Å²) >= 11 is 1.47. The molecule has 0 saturated carbocycles. The Morgan fingerprint density at radius 1 is 1.17 bits per heavy atom. The molecule has 8 heteroatoms.